The fraction of sp³-hybridized carbons (Fsp3) is 0.818. The summed E-state index contributed by atoms with van der Waals surface area (Å²) in [4.78, 5) is 26.3. The summed E-state index contributed by atoms with van der Waals surface area (Å²) >= 11 is 0. The molecule has 0 atom stereocenters. The van der Waals surface area contributed by atoms with E-state index in [2.05, 4.69) is 0 Å². The number of carbonyl (C=O) groups excluding carboxylic acids is 2. The first-order chi connectivity index (χ1) is 8.01. The zero-order chi connectivity index (χ0) is 13.4. The number of likely N-dealkylation sites (N-methyl/N-ethyl adjacent to an activating group) is 2. The van der Waals surface area contributed by atoms with Crippen molar-refractivity contribution in [2.75, 3.05) is 40.9 Å². The minimum atomic E-state index is -0.548. The van der Waals surface area contributed by atoms with Gasteiger partial charge in [0.2, 0.25) is 0 Å². The third-order valence-electron chi connectivity index (χ3n) is 2.53. The number of nitrogens with zero attached hydrogens (tertiary/aromatic N) is 2. The molecule has 17 heavy (non-hydrogen) atoms. The van der Waals surface area contributed by atoms with E-state index in [1.807, 2.05) is 13.8 Å². The number of methoxy groups -OCH3 is 2. The van der Waals surface area contributed by atoms with Crippen LogP contribution in [-0.2, 0) is 19.1 Å². The van der Waals surface area contributed by atoms with E-state index in [0.29, 0.717) is 13.1 Å². The molecule has 0 bridgehead atoms. The summed E-state index contributed by atoms with van der Waals surface area (Å²) < 4.78 is 9.94. The minimum Gasteiger partial charge on any atom is -0.354 e. The van der Waals surface area contributed by atoms with E-state index < -0.39 is 18.1 Å². The van der Waals surface area contributed by atoms with E-state index in [1.54, 1.807) is 7.05 Å². The Kier molecular flexibility index (Phi) is 7.49. The average molecular weight is 246 g/mol. The van der Waals surface area contributed by atoms with E-state index in [0.717, 1.165) is 0 Å². The number of ether oxygens (including phenoxy) is 2. The van der Waals surface area contributed by atoms with Crippen LogP contribution in [0.3, 0.4) is 0 Å². The van der Waals surface area contributed by atoms with Gasteiger partial charge in [-0.3, -0.25) is 9.59 Å². The molecule has 0 aromatic heterocycles. The van der Waals surface area contributed by atoms with Crippen LogP contribution < -0.4 is 0 Å². The highest BCUT2D eigenvalue weighted by atomic mass is 16.7. The third-order valence-corrected chi connectivity index (χ3v) is 2.53. The molecule has 0 saturated heterocycles. The van der Waals surface area contributed by atoms with E-state index in [1.165, 1.54) is 24.0 Å². The fourth-order valence-corrected chi connectivity index (χ4v) is 1.36. The summed E-state index contributed by atoms with van der Waals surface area (Å²) in [5, 5.41) is 0. The van der Waals surface area contributed by atoms with Gasteiger partial charge in [-0.25, -0.2) is 0 Å². The molecule has 0 spiro atoms. The van der Waals surface area contributed by atoms with Gasteiger partial charge in [-0.15, -0.1) is 0 Å². The second-order valence-electron chi connectivity index (χ2n) is 3.56. The molecule has 0 aromatic rings. The van der Waals surface area contributed by atoms with Gasteiger partial charge >= 0.3 is 11.8 Å². The molecule has 0 rings (SSSR count). The van der Waals surface area contributed by atoms with Crippen molar-refractivity contribution in [3.05, 3.63) is 0 Å². The molecule has 2 amide bonds. The standard InChI is InChI=1S/C11H22N2O4/c1-6-13(7-2)11(15)10(14)12(3)8-9(16-4)17-5/h9H,6-8H2,1-5H3. The minimum absolute atomic E-state index is 0.221. The van der Waals surface area contributed by atoms with Crippen LogP contribution in [0.4, 0.5) is 0 Å². The number of carbonyl (C=O) groups is 2. The smallest absolute Gasteiger partial charge is 0.312 e. The van der Waals surface area contributed by atoms with Crippen LogP contribution in [0.2, 0.25) is 0 Å². The monoisotopic (exact) mass is 246 g/mol. The molecule has 0 aliphatic heterocycles. The SMILES string of the molecule is CCN(CC)C(=O)C(=O)N(C)CC(OC)OC. The van der Waals surface area contributed by atoms with Crippen molar-refractivity contribution in [2.45, 2.75) is 20.1 Å². The lowest BCUT2D eigenvalue weighted by Gasteiger charge is -2.24. The first kappa shape index (κ1) is 15.9. The van der Waals surface area contributed by atoms with Gasteiger partial charge < -0.3 is 19.3 Å². The molecule has 6 heteroatoms. The quantitative estimate of drug-likeness (QED) is 0.486. The van der Waals surface area contributed by atoms with Crippen LogP contribution in [0, 0.1) is 0 Å². The van der Waals surface area contributed by atoms with Crippen LogP contribution >= 0.6 is 0 Å². The van der Waals surface area contributed by atoms with Crippen molar-refractivity contribution in [1.82, 2.24) is 9.80 Å². The van der Waals surface area contributed by atoms with Crippen LogP contribution in [0.15, 0.2) is 0 Å². The van der Waals surface area contributed by atoms with Gasteiger partial charge in [0, 0.05) is 34.4 Å². The maximum Gasteiger partial charge on any atom is 0.312 e. The fourth-order valence-electron chi connectivity index (χ4n) is 1.36. The lowest BCUT2D eigenvalue weighted by atomic mass is 10.4. The van der Waals surface area contributed by atoms with Gasteiger partial charge in [-0.05, 0) is 13.8 Å². The van der Waals surface area contributed by atoms with Gasteiger partial charge in [0.15, 0.2) is 6.29 Å². The highest BCUT2D eigenvalue weighted by molar-refractivity contribution is 6.34. The van der Waals surface area contributed by atoms with E-state index >= 15 is 0 Å². The second kappa shape index (κ2) is 8.03. The highest BCUT2D eigenvalue weighted by Crippen LogP contribution is 1.99. The zero-order valence-corrected chi connectivity index (χ0v) is 11.2. The summed E-state index contributed by atoms with van der Waals surface area (Å²) in [6, 6.07) is 0. The molecule has 100 valence electrons. The van der Waals surface area contributed by atoms with Crippen LogP contribution in [-0.4, -0.2) is 68.8 Å². The van der Waals surface area contributed by atoms with Crippen molar-refractivity contribution in [1.29, 1.82) is 0 Å². The van der Waals surface area contributed by atoms with Gasteiger partial charge in [-0.1, -0.05) is 0 Å². The molecule has 0 fully saturated rings. The molecular weight excluding hydrogens is 224 g/mol. The predicted molar refractivity (Wildman–Crippen MR) is 63.4 cm³/mol. The van der Waals surface area contributed by atoms with Crippen molar-refractivity contribution in [2.24, 2.45) is 0 Å². The Morgan fingerprint density at radius 1 is 1.06 bits per heavy atom. The lowest BCUT2D eigenvalue weighted by Crippen LogP contribution is -2.46. The molecule has 0 radical (unpaired) electrons. The van der Waals surface area contributed by atoms with Crippen molar-refractivity contribution < 1.29 is 19.1 Å². The normalized spacial score (nSPS) is 10.5. The molecule has 0 heterocycles. The van der Waals surface area contributed by atoms with Gasteiger partial charge in [0.05, 0.1) is 6.54 Å². The Morgan fingerprint density at radius 3 is 1.88 bits per heavy atom. The van der Waals surface area contributed by atoms with Crippen molar-refractivity contribution in [3.63, 3.8) is 0 Å². The van der Waals surface area contributed by atoms with E-state index in [9.17, 15) is 9.59 Å². The number of hydrogen-bond donors (Lipinski definition) is 0. The highest BCUT2D eigenvalue weighted by Gasteiger charge is 2.24. The molecule has 0 aliphatic rings. The van der Waals surface area contributed by atoms with Crippen molar-refractivity contribution >= 4 is 11.8 Å². The number of hydrogen-bond acceptors (Lipinski definition) is 4. The first-order valence-electron chi connectivity index (χ1n) is 5.61. The Labute approximate surface area is 102 Å². The third kappa shape index (κ3) is 4.70. The number of amides is 2. The molecular formula is C11H22N2O4. The molecule has 0 N–H and O–H groups in total. The Morgan fingerprint density at radius 2 is 1.53 bits per heavy atom. The average Bonchev–Trinajstić information content (AvgIpc) is 2.35. The lowest BCUT2D eigenvalue weighted by molar-refractivity contribution is -0.156. The van der Waals surface area contributed by atoms with Crippen molar-refractivity contribution in [3.8, 4) is 0 Å². The molecule has 0 unspecified atom stereocenters. The summed E-state index contributed by atoms with van der Waals surface area (Å²) in [7, 11) is 4.52. The molecule has 0 aliphatic carbocycles. The molecule has 0 aromatic carbocycles. The number of rotatable bonds is 6. The molecule has 6 nitrogen and oxygen atoms in total. The summed E-state index contributed by atoms with van der Waals surface area (Å²) in [5.41, 5.74) is 0. The van der Waals surface area contributed by atoms with Crippen LogP contribution in [0.1, 0.15) is 13.8 Å². The van der Waals surface area contributed by atoms with Gasteiger partial charge in [-0.2, -0.15) is 0 Å². The van der Waals surface area contributed by atoms with E-state index in [-0.39, 0.29) is 6.54 Å². The summed E-state index contributed by atoms with van der Waals surface area (Å²) in [5.74, 6) is -1.05. The first-order valence-corrected chi connectivity index (χ1v) is 5.61. The summed E-state index contributed by atoms with van der Waals surface area (Å²) in [6.07, 6.45) is -0.520. The van der Waals surface area contributed by atoms with Crippen LogP contribution in [0.25, 0.3) is 0 Å². The van der Waals surface area contributed by atoms with Gasteiger partial charge in [0.1, 0.15) is 0 Å². The predicted octanol–water partition coefficient (Wildman–Crippen LogP) is -0.0679. The Hall–Kier alpha value is -1.14. The zero-order valence-electron chi connectivity index (χ0n) is 11.2. The van der Waals surface area contributed by atoms with Crippen LogP contribution in [0.5, 0.6) is 0 Å². The second-order valence-corrected chi connectivity index (χ2v) is 3.56. The molecule has 0 saturated carbocycles. The Bertz CT molecular complexity index is 250. The largest absolute Gasteiger partial charge is 0.354 e. The van der Waals surface area contributed by atoms with Gasteiger partial charge in [0.25, 0.3) is 0 Å². The topological polar surface area (TPSA) is 59.1 Å². The Balaban J connectivity index is 4.43. The maximum absolute atomic E-state index is 11.8. The summed E-state index contributed by atoms with van der Waals surface area (Å²) in [6.45, 7) is 4.93. The maximum atomic E-state index is 11.8. The van der Waals surface area contributed by atoms with E-state index in [4.69, 9.17) is 9.47 Å².